The third kappa shape index (κ3) is 6.40. The number of amides is 1. The Morgan fingerprint density at radius 3 is 2.51 bits per heavy atom. The van der Waals surface area contributed by atoms with Gasteiger partial charge in [0.1, 0.15) is 6.61 Å². The number of carbonyl (C=O) groups excluding carboxylic acids is 1. The van der Waals surface area contributed by atoms with Gasteiger partial charge in [0.2, 0.25) is 0 Å². The number of amidine groups is 1. The summed E-state index contributed by atoms with van der Waals surface area (Å²) in [5, 5.41) is 9.76. The van der Waals surface area contributed by atoms with E-state index in [4.69, 9.17) is 9.47 Å². The van der Waals surface area contributed by atoms with E-state index in [9.17, 15) is 14.7 Å². The third-order valence-electron chi connectivity index (χ3n) is 5.60. The van der Waals surface area contributed by atoms with Crippen molar-refractivity contribution in [3.63, 3.8) is 0 Å². The second-order valence-corrected chi connectivity index (χ2v) is 9.33. The molecule has 3 aromatic carbocycles. The molecule has 7 nitrogen and oxygen atoms in total. The first kappa shape index (κ1) is 26.0. The Bertz CT molecular complexity index is 1360. The zero-order valence-corrected chi connectivity index (χ0v) is 21.7. The highest BCUT2D eigenvalue weighted by Gasteiger charge is 2.32. The molecule has 0 aromatic heterocycles. The summed E-state index contributed by atoms with van der Waals surface area (Å²) in [5.74, 6) is 0.0525. The Balaban J connectivity index is 1.57. The van der Waals surface area contributed by atoms with Gasteiger partial charge in [-0.1, -0.05) is 42.0 Å². The summed E-state index contributed by atoms with van der Waals surface area (Å²) in [6, 6.07) is 20.1. The zero-order chi connectivity index (χ0) is 26.4. The number of hydrogen-bond acceptors (Lipinski definition) is 6. The predicted molar refractivity (Wildman–Crippen MR) is 147 cm³/mol. The van der Waals surface area contributed by atoms with Gasteiger partial charge >= 0.3 is 5.97 Å². The molecule has 0 unspecified atom stereocenters. The lowest BCUT2D eigenvalue weighted by Crippen LogP contribution is -2.28. The van der Waals surface area contributed by atoms with E-state index in [2.05, 4.69) is 4.99 Å². The minimum atomic E-state index is -1.03. The largest absolute Gasteiger partial charge is 0.490 e. The van der Waals surface area contributed by atoms with Crippen molar-refractivity contribution in [2.45, 2.75) is 27.4 Å². The monoisotopic (exact) mass is 516 g/mol. The summed E-state index contributed by atoms with van der Waals surface area (Å²) in [6.45, 7) is 7.17. The van der Waals surface area contributed by atoms with Crippen LogP contribution in [-0.2, 0) is 11.4 Å². The first-order valence-corrected chi connectivity index (χ1v) is 12.8. The summed E-state index contributed by atoms with van der Waals surface area (Å²) < 4.78 is 11.8. The SMILES string of the molecule is CCOc1cc(/C=C2/SC(=Nc3cccc(C(=O)O)c3)N(CC)C2=O)ccc1OCc1ccc(C)cc1. The third-order valence-corrected chi connectivity index (χ3v) is 6.61. The lowest BCUT2D eigenvalue weighted by Gasteiger charge is -2.13. The molecule has 37 heavy (non-hydrogen) atoms. The van der Waals surface area contributed by atoms with Crippen LogP contribution in [0.2, 0.25) is 0 Å². The van der Waals surface area contributed by atoms with Crippen LogP contribution in [-0.4, -0.2) is 40.2 Å². The maximum absolute atomic E-state index is 13.1. The van der Waals surface area contributed by atoms with Crippen LogP contribution in [0.5, 0.6) is 11.5 Å². The molecule has 1 heterocycles. The van der Waals surface area contributed by atoms with Gasteiger partial charge < -0.3 is 14.6 Å². The highest BCUT2D eigenvalue weighted by atomic mass is 32.2. The van der Waals surface area contributed by atoms with Crippen molar-refractivity contribution < 1.29 is 24.2 Å². The number of carbonyl (C=O) groups is 2. The van der Waals surface area contributed by atoms with E-state index < -0.39 is 5.97 Å². The average molecular weight is 517 g/mol. The number of aromatic carboxylic acids is 1. The molecule has 0 spiro atoms. The predicted octanol–water partition coefficient (Wildman–Crippen LogP) is 6.29. The number of benzene rings is 3. The Morgan fingerprint density at radius 1 is 1.03 bits per heavy atom. The molecule has 1 aliphatic rings. The van der Waals surface area contributed by atoms with E-state index in [-0.39, 0.29) is 11.5 Å². The van der Waals surface area contributed by atoms with Gasteiger partial charge in [-0.05, 0) is 80.1 Å². The van der Waals surface area contributed by atoms with Gasteiger partial charge in [-0.25, -0.2) is 9.79 Å². The Labute approximate surface area is 220 Å². The Hall–Kier alpha value is -4.04. The van der Waals surface area contributed by atoms with Gasteiger partial charge in [-0.15, -0.1) is 0 Å². The second-order valence-electron chi connectivity index (χ2n) is 8.32. The number of carboxylic acid groups (broad SMARTS) is 1. The van der Waals surface area contributed by atoms with Crippen molar-refractivity contribution in [1.29, 1.82) is 0 Å². The van der Waals surface area contributed by atoms with Crippen LogP contribution in [0.15, 0.2) is 76.6 Å². The fraction of sp³-hybridized carbons (Fsp3) is 0.207. The number of rotatable bonds is 9. The molecule has 1 aliphatic heterocycles. The van der Waals surface area contributed by atoms with Crippen LogP contribution in [0.4, 0.5) is 5.69 Å². The second kappa shape index (κ2) is 11.8. The van der Waals surface area contributed by atoms with Crippen LogP contribution < -0.4 is 9.47 Å². The molecule has 0 saturated carbocycles. The molecule has 1 amide bonds. The standard InChI is InChI=1S/C29H28N2O5S/c1-4-31-27(32)26(37-29(31)30-23-8-6-7-22(17-23)28(33)34)16-21-13-14-24(25(15-21)35-5-2)36-18-20-11-9-19(3)10-12-20/h6-17H,4-5,18H2,1-3H3,(H,33,34)/b26-16+,30-29?. The van der Waals surface area contributed by atoms with Gasteiger partial charge in [0.15, 0.2) is 16.7 Å². The van der Waals surface area contributed by atoms with Crippen molar-refractivity contribution in [2.24, 2.45) is 4.99 Å². The molecule has 1 fully saturated rings. The van der Waals surface area contributed by atoms with Crippen LogP contribution in [0.25, 0.3) is 6.08 Å². The maximum atomic E-state index is 13.1. The molecular weight excluding hydrogens is 488 g/mol. The quantitative estimate of drug-likeness (QED) is 0.336. The minimum Gasteiger partial charge on any atom is -0.490 e. The number of aryl methyl sites for hydroxylation is 1. The van der Waals surface area contributed by atoms with E-state index in [0.29, 0.717) is 47.0 Å². The van der Waals surface area contributed by atoms with Gasteiger partial charge in [0.05, 0.1) is 22.8 Å². The molecule has 190 valence electrons. The van der Waals surface area contributed by atoms with Crippen molar-refractivity contribution in [2.75, 3.05) is 13.2 Å². The topological polar surface area (TPSA) is 88.4 Å². The molecule has 0 atom stereocenters. The number of likely N-dealkylation sites (N-methyl/N-ethyl adjacent to an activating group) is 1. The number of ether oxygens (including phenoxy) is 2. The molecule has 1 saturated heterocycles. The van der Waals surface area contributed by atoms with Gasteiger partial charge in [-0.3, -0.25) is 9.69 Å². The summed E-state index contributed by atoms with van der Waals surface area (Å²) in [6.07, 6.45) is 1.80. The molecule has 0 bridgehead atoms. The van der Waals surface area contributed by atoms with Crippen molar-refractivity contribution in [3.8, 4) is 11.5 Å². The normalized spacial score (nSPS) is 15.4. The first-order chi connectivity index (χ1) is 17.9. The summed E-state index contributed by atoms with van der Waals surface area (Å²) in [5.41, 5.74) is 3.67. The van der Waals surface area contributed by atoms with Crippen LogP contribution in [0.3, 0.4) is 0 Å². The molecular formula is C29H28N2O5S. The minimum absolute atomic E-state index is 0.142. The van der Waals surface area contributed by atoms with E-state index in [1.54, 1.807) is 23.1 Å². The van der Waals surface area contributed by atoms with Crippen LogP contribution >= 0.6 is 11.8 Å². The smallest absolute Gasteiger partial charge is 0.335 e. The van der Waals surface area contributed by atoms with Gasteiger partial charge in [0, 0.05) is 6.54 Å². The number of carboxylic acids is 1. The molecule has 0 aliphatic carbocycles. The van der Waals surface area contributed by atoms with Crippen LogP contribution in [0.1, 0.15) is 40.9 Å². The highest BCUT2D eigenvalue weighted by Crippen LogP contribution is 2.36. The maximum Gasteiger partial charge on any atom is 0.335 e. The average Bonchev–Trinajstić information content (AvgIpc) is 3.18. The lowest BCUT2D eigenvalue weighted by molar-refractivity contribution is -0.122. The summed E-state index contributed by atoms with van der Waals surface area (Å²) >= 11 is 1.26. The summed E-state index contributed by atoms with van der Waals surface area (Å²) in [4.78, 5) is 31.0. The number of nitrogens with zero attached hydrogens (tertiary/aromatic N) is 2. The highest BCUT2D eigenvalue weighted by molar-refractivity contribution is 8.18. The Kier molecular flexibility index (Phi) is 8.30. The van der Waals surface area contributed by atoms with E-state index in [1.807, 2.05) is 63.2 Å². The van der Waals surface area contributed by atoms with Crippen molar-refractivity contribution >= 4 is 40.6 Å². The number of aliphatic imine (C=N–C) groups is 1. The van der Waals surface area contributed by atoms with E-state index >= 15 is 0 Å². The molecule has 1 N–H and O–H groups in total. The fourth-order valence-corrected chi connectivity index (χ4v) is 4.75. The van der Waals surface area contributed by atoms with Gasteiger partial charge in [-0.2, -0.15) is 0 Å². The summed E-state index contributed by atoms with van der Waals surface area (Å²) in [7, 11) is 0. The molecule has 4 rings (SSSR count). The first-order valence-electron chi connectivity index (χ1n) is 12.0. The zero-order valence-electron chi connectivity index (χ0n) is 20.9. The fourth-order valence-electron chi connectivity index (χ4n) is 3.69. The van der Waals surface area contributed by atoms with Crippen LogP contribution in [0, 0.1) is 6.92 Å². The number of thioether (sulfide) groups is 1. The molecule has 3 aromatic rings. The lowest BCUT2D eigenvalue weighted by atomic mass is 10.1. The van der Waals surface area contributed by atoms with E-state index in [0.717, 1.165) is 11.1 Å². The number of hydrogen-bond donors (Lipinski definition) is 1. The molecule has 8 heteroatoms. The van der Waals surface area contributed by atoms with Gasteiger partial charge in [0.25, 0.3) is 5.91 Å². The molecule has 0 radical (unpaired) electrons. The van der Waals surface area contributed by atoms with E-state index in [1.165, 1.54) is 29.5 Å². The van der Waals surface area contributed by atoms with Crippen molar-refractivity contribution in [3.05, 3.63) is 93.9 Å². The van der Waals surface area contributed by atoms with Crippen molar-refractivity contribution in [1.82, 2.24) is 4.90 Å². The Morgan fingerprint density at radius 2 is 1.81 bits per heavy atom.